The first kappa shape index (κ1) is 35.8. The molecule has 4 aromatic carbocycles. The summed E-state index contributed by atoms with van der Waals surface area (Å²) in [4.78, 5) is 35.2. The molecule has 1 aliphatic heterocycles. The van der Waals surface area contributed by atoms with Gasteiger partial charge >= 0.3 is 12.3 Å². The molecule has 52 heavy (non-hydrogen) atoms. The van der Waals surface area contributed by atoms with Crippen molar-refractivity contribution in [1.82, 2.24) is 4.57 Å². The average Bonchev–Trinajstić information content (AvgIpc) is 3.53. The first-order valence-corrected chi connectivity index (χ1v) is 16.1. The highest BCUT2D eigenvalue weighted by Crippen LogP contribution is 2.42. The predicted octanol–water partition coefficient (Wildman–Crippen LogP) is 8.47. The molecule has 0 saturated carbocycles. The number of hydrogen-bond acceptors (Lipinski definition) is 6. The standard InChI is InChI=1S/C39H32F5N3O5/c1-23-27(20-28-29(39(42,43)44)17-11-18-30(28)40)36-46(38(49)52-22-24-12-6-4-7-13-24)21-31(35(45-51-3)25-14-8-5-9-15-25)47(36)37(48)33(23)26-16-10-19-32(50-2)34(26)41/h4-19,31H,20-22H2,1-3H3/b45-35+. The fraction of sp³-hybridized carbons (Fsp3) is 0.205. The number of fused-ring (bicyclic) bond motifs is 1. The lowest BCUT2D eigenvalue weighted by atomic mass is 9.91. The van der Waals surface area contributed by atoms with Crippen molar-refractivity contribution in [3.8, 4) is 16.9 Å². The summed E-state index contributed by atoms with van der Waals surface area (Å²) in [6.07, 6.45) is -6.63. The second kappa shape index (κ2) is 14.7. The molecule has 2 heterocycles. The van der Waals surface area contributed by atoms with Crippen LogP contribution in [0.15, 0.2) is 107 Å². The van der Waals surface area contributed by atoms with E-state index in [0.717, 1.165) is 23.1 Å². The summed E-state index contributed by atoms with van der Waals surface area (Å²) in [6, 6.07) is 23.0. The highest BCUT2D eigenvalue weighted by atomic mass is 19.4. The minimum atomic E-state index is -4.95. The maximum absolute atomic E-state index is 16.0. The molecule has 0 saturated heterocycles. The smallest absolute Gasteiger partial charge is 0.416 e. The van der Waals surface area contributed by atoms with Gasteiger partial charge in [-0.15, -0.1) is 0 Å². The molecule has 0 radical (unpaired) electrons. The number of hydrogen-bond donors (Lipinski definition) is 0. The van der Waals surface area contributed by atoms with Gasteiger partial charge in [-0.25, -0.2) is 13.6 Å². The SMILES string of the molecule is CO/N=C(\c1ccccc1)C1CN(C(=O)OCc2ccccc2)c2c(Cc3c(F)cccc3C(F)(F)F)c(C)c(-c3cccc(OC)c3F)c(=O)n21. The molecule has 6 rings (SSSR count). The summed E-state index contributed by atoms with van der Waals surface area (Å²) in [6.45, 7) is 0.956. The molecule has 13 heteroatoms. The number of pyridine rings is 1. The van der Waals surface area contributed by atoms with E-state index in [1.807, 2.05) is 0 Å². The van der Waals surface area contributed by atoms with Crippen LogP contribution >= 0.6 is 0 Å². The second-order valence-corrected chi connectivity index (χ2v) is 11.9. The van der Waals surface area contributed by atoms with Gasteiger partial charge in [0.25, 0.3) is 5.56 Å². The van der Waals surface area contributed by atoms with E-state index >= 15 is 8.78 Å². The zero-order valence-corrected chi connectivity index (χ0v) is 28.2. The molecule has 1 aliphatic rings. The van der Waals surface area contributed by atoms with Crippen LogP contribution in [-0.4, -0.2) is 37.1 Å². The highest BCUT2D eigenvalue weighted by Gasteiger charge is 2.43. The minimum absolute atomic E-state index is 0.0197. The number of methoxy groups -OCH3 is 1. The number of carbonyl (C=O) groups is 1. The number of halogens is 5. The maximum Gasteiger partial charge on any atom is 0.416 e. The summed E-state index contributed by atoms with van der Waals surface area (Å²) >= 11 is 0. The van der Waals surface area contributed by atoms with Gasteiger partial charge < -0.3 is 14.3 Å². The molecule has 8 nitrogen and oxygen atoms in total. The van der Waals surface area contributed by atoms with Crippen LogP contribution in [0.1, 0.15) is 39.4 Å². The number of anilines is 1. The largest absolute Gasteiger partial charge is 0.494 e. The number of ether oxygens (including phenoxy) is 2. The summed E-state index contributed by atoms with van der Waals surface area (Å²) in [5.74, 6) is -2.41. The molecule has 268 valence electrons. The van der Waals surface area contributed by atoms with Crippen molar-refractivity contribution in [3.05, 3.63) is 152 Å². The number of benzene rings is 4. The topological polar surface area (TPSA) is 82.4 Å². The van der Waals surface area contributed by atoms with Gasteiger partial charge in [0.15, 0.2) is 11.6 Å². The van der Waals surface area contributed by atoms with Gasteiger partial charge in [0.05, 0.1) is 24.8 Å². The van der Waals surface area contributed by atoms with Gasteiger partial charge in [0.1, 0.15) is 37.1 Å². The zero-order chi connectivity index (χ0) is 37.2. The van der Waals surface area contributed by atoms with Crippen LogP contribution in [0.4, 0.5) is 32.6 Å². The first-order chi connectivity index (χ1) is 25.0. The number of oxime groups is 1. The van der Waals surface area contributed by atoms with E-state index in [4.69, 9.17) is 14.3 Å². The van der Waals surface area contributed by atoms with E-state index < -0.39 is 53.1 Å². The maximum atomic E-state index is 16.0. The summed E-state index contributed by atoms with van der Waals surface area (Å²) in [7, 11) is 2.54. The molecular weight excluding hydrogens is 685 g/mol. The van der Waals surface area contributed by atoms with E-state index in [1.54, 1.807) is 60.7 Å². The Hall–Kier alpha value is -5.98. The van der Waals surface area contributed by atoms with Crippen LogP contribution in [0.3, 0.4) is 0 Å². The molecule has 0 spiro atoms. The van der Waals surface area contributed by atoms with Crippen molar-refractivity contribution in [3.63, 3.8) is 0 Å². The third-order valence-corrected chi connectivity index (χ3v) is 8.91. The Kier molecular flexibility index (Phi) is 10.1. The van der Waals surface area contributed by atoms with Gasteiger partial charge in [-0.3, -0.25) is 14.3 Å². The lowest BCUT2D eigenvalue weighted by Gasteiger charge is -2.24. The minimum Gasteiger partial charge on any atom is -0.494 e. The van der Waals surface area contributed by atoms with Crippen LogP contribution < -0.4 is 15.2 Å². The lowest BCUT2D eigenvalue weighted by Crippen LogP contribution is -2.32. The van der Waals surface area contributed by atoms with Gasteiger partial charge in [0, 0.05) is 28.7 Å². The van der Waals surface area contributed by atoms with Crippen LogP contribution in [0.25, 0.3) is 11.1 Å². The molecule has 5 aromatic rings. The molecule has 0 bridgehead atoms. The number of nitrogens with zero attached hydrogens (tertiary/aromatic N) is 3. The molecule has 1 atom stereocenters. The van der Waals surface area contributed by atoms with Gasteiger partial charge in [-0.1, -0.05) is 84.0 Å². The van der Waals surface area contributed by atoms with E-state index in [1.165, 1.54) is 43.9 Å². The zero-order valence-electron chi connectivity index (χ0n) is 28.2. The molecule has 0 aliphatic carbocycles. The van der Waals surface area contributed by atoms with Crippen molar-refractivity contribution in [2.24, 2.45) is 5.16 Å². The van der Waals surface area contributed by atoms with Crippen molar-refractivity contribution in [2.75, 3.05) is 25.7 Å². The predicted molar refractivity (Wildman–Crippen MR) is 185 cm³/mol. The molecule has 1 amide bonds. The quantitative estimate of drug-likeness (QED) is 0.0869. The Labute approximate surface area is 295 Å². The molecule has 0 N–H and O–H groups in total. The first-order valence-electron chi connectivity index (χ1n) is 16.1. The molecule has 1 aromatic heterocycles. The summed E-state index contributed by atoms with van der Waals surface area (Å²) < 4.78 is 86.6. The normalized spacial score (nSPS) is 14.3. The van der Waals surface area contributed by atoms with Gasteiger partial charge in [-0.2, -0.15) is 13.2 Å². The van der Waals surface area contributed by atoms with Gasteiger partial charge in [0.2, 0.25) is 0 Å². The number of rotatable bonds is 9. The Balaban J connectivity index is 1.67. The van der Waals surface area contributed by atoms with Crippen molar-refractivity contribution >= 4 is 17.6 Å². The van der Waals surface area contributed by atoms with E-state index in [-0.39, 0.29) is 52.7 Å². The Morgan fingerprint density at radius 1 is 0.885 bits per heavy atom. The average molecular weight is 718 g/mol. The number of aromatic nitrogens is 1. The highest BCUT2D eigenvalue weighted by molar-refractivity contribution is 6.06. The van der Waals surface area contributed by atoms with Crippen molar-refractivity contribution < 1.29 is 41.1 Å². The number of carbonyl (C=O) groups excluding carboxylic acids is 1. The third kappa shape index (κ3) is 6.73. The van der Waals surface area contributed by atoms with Crippen LogP contribution in [0.5, 0.6) is 5.75 Å². The molecule has 1 unspecified atom stereocenters. The van der Waals surface area contributed by atoms with E-state index in [0.29, 0.717) is 11.1 Å². The second-order valence-electron chi connectivity index (χ2n) is 11.9. The Morgan fingerprint density at radius 3 is 2.21 bits per heavy atom. The Morgan fingerprint density at radius 2 is 1.56 bits per heavy atom. The number of amides is 1. The summed E-state index contributed by atoms with van der Waals surface area (Å²) in [5.41, 5.74) is -1.91. The fourth-order valence-corrected chi connectivity index (χ4v) is 6.52. The molecular formula is C39H32F5N3O5. The van der Waals surface area contributed by atoms with Crippen molar-refractivity contribution in [1.29, 1.82) is 0 Å². The fourth-order valence-electron chi connectivity index (χ4n) is 6.52. The van der Waals surface area contributed by atoms with Gasteiger partial charge in [-0.05, 0) is 36.2 Å². The van der Waals surface area contributed by atoms with E-state index in [2.05, 4.69) is 5.16 Å². The van der Waals surface area contributed by atoms with Crippen molar-refractivity contribution in [2.45, 2.75) is 32.2 Å². The Bertz CT molecular complexity index is 2210. The van der Waals surface area contributed by atoms with Crippen LogP contribution in [0, 0.1) is 18.6 Å². The lowest BCUT2D eigenvalue weighted by molar-refractivity contribution is -0.138. The third-order valence-electron chi connectivity index (χ3n) is 8.91. The monoisotopic (exact) mass is 717 g/mol. The van der Waals surface area contributed by atoms with Crippen LogP contribution in [-0.2, 0) is 28.8 Å². The summed E-state index contributed by atoms with van der Waals surface area (Å²) in [5, 5.41) is 4.22. The number of alkyl halides is 3. The van der Waals surface area contributed by atoms with E-state index in [9.17, 15) is 22.8 Å². The molecule has 0 fully saturated rings. The van der Waals surface area contributed by atoms with Crippen LogP contribution in [0.2, 0.25) is 0 Å².